The number of carbonyl (C=O) groups is 4. The third kappa shape index (κ3) is 12.9. The average Bonchev–Trinajstić information content (AvgIpc) is 3.19. The molecule has 0 aliphatic heterocycles. The lowest BCUT2D eigenvalue weighted by Gasteiger charge is -2.28. The number of nitrogens with one attached hydrogen (secondary N) is 6. The van der Waals surface area contributed by atoms with Gasteiger partial charge in [0.25, 0.3) is 11.8 Å². The van der Waals surface area contributed by atoms with Crippen molar-refractivity contribution in [1.29, 1.82) is 0 Å². The topological polar surface area (TPSA) is 383 Å². The fourth-order valence-electron chi connectivity index (χ4n) is 4.68. The van der Waals surface area contributed by atoms with Crippen molar-refractivity contribution in [3.8, 4) is 0 Å². The molecule has 0 aliphatic rings. The van der Waals surface area contributed by atoms with Crippen LogP contribution in [0.1, 0.15) is 20.7 Å². The second kappa shape index (κ2) is 21.1. The molecule has 2 unspecified atom stereocenters. The number of hydrogen-bond donors (Lipinski definition) is 18. The van der Waals surface area contributed by atoms with E-state index in [1.54, 1.807) is 0 Å². The van der Waals surface area contributed by atoms with Gasteiger partial charge in [0.2, 0.25) is 0 Å². The molecule has 10 atom stereocenters. The molecule has 0 saturated heterocycles. The molecule has 0 aliphatic carbocycles. The minimum absolute atomic E-state index is 0.189. The Morgan fingerprint density at radius 1 is 0.393 bits per heavy atom. The maximum atomic E-state index is 12.8. The van der Waals surface area contributed by atoms with Crippen LogP contribution in [0.3, 0.4) is 0 Å². The van der Waals surface area contributed by atoms with E-state index in [2.05, 4.69) is 21.3 Å². The van der Waals surface area contributed by atoms with Crippen LogP contribution in [0.5, 0.6) is 0 Å². The highest BCUT2D eigenvalue weighted by atomic mass is 16.4. The molecule has 3 aromatic rings. The Morgan fingerprint density at radius 2 is 0.661 bits per heavy atom. The first-order chi connectivity index (χ1) is 26.4. The first-order valence-corrected chi connectivity index (χ1v) is 16.6. The molecule has 0 heterocycles. The van der Waals surface area contributed by atoms with Crippen LogP contribution in [0.2, 0.25) is 0 Å². The first kappa shape index (κ1) is 45.1. The molecule has 0 saturated carbocycles. The zero-order chi connectivity index (χ0) is 41.7. The Bertz CT molecular complexity index is 1610. The van der Waals surface area contributed by atoms with Gasteiger partial charge in [0.1, 0.15) is 48.8 Å². The fourth-order valence-corrected chi connectivity index (χ4v) is 4.68. The maximum absolute atomic E-state index is 12.8. The predicted molar refractivity (Wildman–Crippen MR) is 194 cm³/mol. The molecular weight excluding hydrogens is 748 g/mol. The number of aliphatic hydroxyl groups excluding tert-OH is 12. The molecule has 0 radical (unpaired) electrons. The van der Waals surface area contributed by atoms with E-state index in [9.17, 15) is 70.2 Å². The zero-order valence-electron chi connectivity index (χ0n) is 29.1. The van der Waals surface area contributed by atoms with E-state index in [0.29, 0.717) is 11.4 Å². The summed E-state index contributed by atoms with van der Waals surface area (Å²) in [6.45, 7) is -1.86. The van der Waals surface area contributed by atoms with Gasteiger partial charge in [0.05, 0.1) is 13.2 Å². The van der Waals surface area contributed by atoms with Crippen molar-refractivity contribution in [2.24, 2.45) is 0 Å². The van der Waals surface area contributed by atoms with Crippen LogP contribution in [0.15, 0.2) is 72.8 Å². The third-order valence-electron chi connectivity index (χ3n) is 7.98. The van der Waals surface area contributed by atoms with Gasteiger partial charge in [-0.1, -0.05) is 0 Å². The lowest BCUT2D eigenvalue weighted by atomic mass is 10.0. The van der Waals surface area contributed by atoms with E-state index in [0.717, 1.165) is 0 Å². The number of aliphatic hydroxyl groups is 12. The van der Waals surface area contributed by atoms with Gasteiger partial charge < -0.3 is 93.2 Å². The van der Waals surface area contributed by atoms with Crippen molar-refractivity contribution in [2.45, 2.75) is 61.3 Å². The average molecular weight is 793 g/mol. The number of anilines is 4. The minimum Gasteiger partial charge on any atom is -0.394 e. The summed E-state index contributed by atoms with van der Waals surface area (Å²) in [6, 6.07) is 14.9. The van der Waals surface area contributed by atoms with Gasteiger partial charge in [-0.05, 0) is 72.8 Å². The highest BCUT2D eigenvalue weighted by molar-refractivity contribution is 6.07. The number of amides is 6. The lowest BCUT2D eigenvalue weighted by Crippen LogP contribution is -2.55. The van der Waals surface area contributed by atoms with Crippen LogP contribution in [-0.4, -0.2) is 160 Å². The molecule has 0 spiro atoms. The van der Waals surface area contributed by atoms with E-state index >= 15 is 0 Å². The Balaban J connectivity index is 1.46. The van der Waals surface area contributed by atoms with Crippen molar-refractivity contribution in [2.75, 3.05) is 34.5 Å². The summed E-state index contributed by atoms with van der Waals surface area (Å²) in [5, 5.41) is 129. The number of carbonyl (C=O) groups excluding carboxylic acids is 4. The van der Waals surface area contributed by atoms with Gasteiger partial charge in [-0.15, -0.1) is 0 Å². The highest BCUT2D eigenvalue weighted by Crippen LogP contribution is 2.18. The SMILES string of the molecule is O=C(Nc1ccc(NC(=O)c2ccc(C(=O)Nc3ccc(NC(=O)NC(O)[C@H](O)[C@H](O)[C@H](O)[C@@H](O)CO)cc3)cc2)cc1)NC(O)[C@H](O)[C@H](O)[C@H](O)[C@@H](O)CO. The van der Waals surface area contributed by atoms with Crippen molar-refractivity contribution >= 4 is 46.6 Å². The minimum atomic E-state index is -2.13. The fraction of sp³-hybridized carbons (Fsp3) is 0.353. The van der Waals surface area contributed by atoms with Gasteiger partial charge in [-0.25, -0.2) is 9.59 Å². The van der Waals surface area contributed by atoms with Crippen molar-refractivity contribution in [1.82, 2.24) is 10.6 Å². The second-order valence-corrected chi connectivity index (χ2v) is 12.2. The molecule has 3 rings (SSSR count). The summed E-state index contributed by atoms with van der Waals surface area (Å²) in [7, 11) is 0. The van der Waals surface area contributed by atoms with Crippen molar-refractivity contribution < 1.29 is 80.5 Å². The first-order valence-electron chi connectivity index (χ1n) is 16.6. The zero-order valence-corrected chi connectivity index (χ0v) is 29.1. The van der Waals surface area contributed by atoms with Gasteiger partial charge in [0.15, 0.2) is 12.5 Å². The summed E-state index contributed by atoms with van der Waals surface area (Å²) in [5.41, 5.74) is 1.39. The van der Waals surface area contributed by atoms with Crippen LogP contribution >= 0.6 is 0 Å². The van der Waals surface area contributed by atoms with Crippen LogP contribution in [-0.2, 0) is 0 Å². The molecule has 22 heteroatoms. The predicted octanol–water partition coefficient (Wildman–Crippen LogP) is -4.06. The molecule has 3 aromatic carbocycles. The van der Waals surface area contributed by atoms with Gasteiger partial charge in [-0.3, -0.25) is 9.59 Å². The van der Waals surface area contributed by atoms with E-state index in [1.807, 2.05) is 10.6 Å². The van der Waals surface area contributed by atoms with E-state index in [-0.39, 0.29) is 22.5 Å². The van der Waals surface area contributed by atoms with Crippen LogP contribution in [0.4, 0.5) is 32.3 Å². The van der Waals surface area contributed by atoms with E-state index in [4.69, 9.17) is 10.2 Å². The summed E-state index contributed by atoms with van der Waals surface area (Å²) in [5.74, 6) is -1.08. The standard InChI is InChI=1S/C34H44N6O16/c41-13-21(43)23(45)25(47)27(49)31(53)39-33(55)37-19-9-5-17(6-10-19)35-29(51)15-1-2-16(4-3-15)30(52)36-18-7-11-20(12-8-18)38-34(56)40-32(54)28(50)26(48)24(46)22(44)14-42/h1-12,21-28,31-32,41-50,53-54H,13-14H2,(H,35,51)(H,36,52)(H2,37,39,55)(H2,38,40,56)/t21-,22-,23+,24+,25+,26+,27+,28+,31?,32?/m0/s1. The molecule has 0 fully saturated rings. The third-order valence-corrected chi connectivity index (χ3v) is 7.98. The Hall–Kier alpha value is -5.34. The molecule has 18 N–H and O–H groups in total. The lowest BCUT2D eigenvalue weighted by molar-refractivity contribution is -0.142. The van der Waals surface area contributed by atoms with E-state index < -0.39 is 98.4 Å². The number of rotatable bonds is 18. The van der Waals surface area contributed by atoms with Gasteiger partial charge in [-0.2, -0.15) is 0 Å². The second-order valence-electron chi connectivity index (χ2n) is 12.2. The molecule has 56 heavy (non-hydrogen) atoms. The smallest absolute Gasteiger partial charge is 0.321 e. The summed E-state index contributed by atoms with van der Waals surface area (Å²) < 4.78 is 0. The molecular formula is C34H44N6O16. The van der Waals surface area contributed by atoms with Crippen LogP contribution in [0, 0.1) is 0 Å². The van der Waals surface area contributed by atoms with Crippen LogP contribution < -0.4 is 31.9 Å². The Kier molecular flexibility index (Phi) is 17.0. The maximum Gasteiger partial charge on any atom is 0.321 e. The monoisotopic (exact) mass is 792 g/mol. The van der Waals surface area contributed by atoms with Crippen LogP contribution in [0.25, 0.3) is 0 Å². The Labute approximate surface area is 317 Å². The molecule has 0 bridgehead atoms. The number of hydrogen-bond acceptors (Lipinski definition) is 16. The highest BCUT2D eigenvalue weighted by Gasteiger charge is 2.36. The van der Waals surface area contributed by atoms with E-state index in [1.165, 1.54) is 72.8 Å². The largest absolute Gasteiger partial charge is 0.394 e. The molecule has 6 amide bonds. The van der Waals surface area contributed by atoms with Crippen molar-refractivity contribution in [3.05, 3.63) is 83.9 Å². The summed E-state index contributed by atoms with van der Waals surface area (Å²) in [6.07, 6.45) is -20.3. The Morgan fingerprint density at radius 3 is 0.929 bits per heavy atom. The summed E-state index contributed by atoms with van der Waals surface area (Å²) in [4.78, 5) is 50.0. The molecule has 22 nitrogen and oxygen atoms in total. The van der Waals surface area contributed by atoms with Crippen molar-refractivity contribution in [3.63, 3.8) is 0 Å². The van der Waals surface area contributed by atoms with Gasteiger partial charge in [0, 0.05) is 33.9 Å². The quantitative estimate of drug-likeness (QED) is 0.0545. The normalized spacial score (nSPS) is 16.6. The van der Waals surface area contributed by atoms with Gasteiger partial charge >= 0.3 is 12.1 Å². The molecule has 306 valence electrons. The molecule has 0 aromatic heterocycles. The summed E-state index contributed by atoms with van der Waals surface area (Å²) >= 11 is 0. The number of urea groups is 2. The number of benzene rings is 3.